The molecule has 1 amide bonds. The second-order valence-corrected chi connectivity index (χ2v) is 7.60. The third-order valence-corrected chi connectivity index (χ3v) is 4.87. The summed E-state index contributed by atoms with van der Waals surface area (Å²) < 4.78 is 0. The second-order valence-electron chi connectivity index (χ2n) is 7.60. The lowest BCUT2D eigenvalue weighted by molar-refractivity contribution is -0.119. The molecule has 3 aromatic carbocycles. The molecule has 3 rings (SSSR count). The summed E-state index contributed by atoms with van der Waals surface area (Å²) in [6, 6.07) is 18.8. The summed E-state index contributed by atoms with van der Waals surface area (Å²) in [5.41, 5.74) is 8.85. The lowest BCUT2D eigenvalue weighted by Crippen LogP contribution is -2.40. The summed E-state index contributed by atoms with van der Waals surface area (Å²) in [7, 11) is 0. The number of anilines is 1. The third-order valence-electron chi connectivity index (χ3n) is 4.87. The van der Waals surface area contributed by atoms with E-state index in [4.69, 9.17) is 5.73 Å². The van der Waals surface area contributed by atoms with Crippen LogP contribution in [0.2, 0.25) is 0 Å². The molecule has 0 spiro atoms. The molecule has 4 heteroatoms. The van der Waals surface area contributed by atoms with Crippen LogP contribution in [0.1, 0.15) is 37.6 Å². The van der Waals surface area contributed by atoms with Gasteiger partial charge >= 0.3 is 0 Å². The summed E-state index contributed by atoms with van der Waals surface area (Å²) in [4.78, 5) is 25.1. The van der Waals surface area contributed by atoms with Crippen LogP contribution >= 0.6 is 0 Å². The number of nitrogens with one attached hydrogen (secondary N) is 1. The number of amides is 1. The Morgan fingerprint density at radius 2 is 1.68 bits per heavy atom. The molecule has 3 N–H and O–H groups in total. The van der Waals surface area contributed by atoms with Crippen LogP contribution < -0.4 is 11.1 Å². The van der Waals surface area contributed by atoms with E-state index in [0.29, 0.717) is 23.6 Å². The molecule has 0 saturated carbocycles. The Hall–Kier alpha value is -3.14. The summed E-state index contributed by atoms with van der Waals surface area (Å²) in [6.45, 7) is 5.58. The van der Waals surface area contributed by atoms with Gasteiger partial charge in [0.15, 0.2) is 5.78 Å². The van der Waals surface area contributed by atoms with Crippen molar-refractivity contribution in [2.24, 2.45) is 5.92 Å². The predicted octanol–water partition coefficient (Wildman–Crippen LogP) is 4.82. The first kappa shape index (κ1) is 19.6. The fourth-order valence-electron chi connectivity index (χ4n) is 3.48. The van der Waals surface area contributed by atoms with E-state index in [0.717, 1.165) is 21.9 Å². The summed E-state index contributed by atoms with van der Waals surface area (Å²) in [5, 5.41) is 5.06. The highest BCUT2D eigenvalue weighted by molar-refractivity contribution is 6.07. The van der Waals surface area contributed by atoms with Gasteiger partial charge in [0.1, 0.15) is 0 Å². The van der Waals surface area contributed by atoms with E-state index in [2.05, 4.69) is 5.32 Å². The molecule has 4 nitrogen and oxygen atoms in total. The first-order valence-electron chi connectivity index (χ1n) is 9.55. The molecule has 0 aliphatic rings. The minimum absolute atomic E-state index is 0.0378. The number of Topliss-reactive ketones (excluding diaryl/α,β-unsaturated/α-hetero) is 1. The maximum atomic E-state index is 13.1. The van der Waals surface area contributed by atoms with Crippen molar-refractivity contribution < 1.29 is 9.59 Å². The average molecular weight is 374 g/mol. The molecular weight excluding hydrogens is 348 g/mol. The summed E-state index contributed by atoms with van der Waals surface area (Å²) in [5.74, 6) is 0.00569. The molecule has 0 aliphatic carbocycles. The highest BCUT2D eigenvalue weighted by Crippen LogP contribution is 2.32. The Morgan fingerprint density at radius 1 is 0.964 bits per heavy atom. The smallest absolute Gasteiger partial charge is 0.252 e. The van der Waals surface area contributed by atoms with Crippen molar-refractivity contribution in [3.8, 4) is 11.1 Å². The zero-order valence-electron chi connectivity index (χ0n) is 16.5. The number of benzene rings is 3. The van der Waals surface area contributed by atoms with Gasteiger partial charge in [-0.3, -0.25) is 9.59 Å². The van der Waals surface area contributed by atoms with Crippen molar-refractivity contribution in [3.05, 3.63) is 66.2 Å². The van der Waals surface area contributed by atoms with Gasteiger partial charge in [-0.1, -0.05) is 56.3 Å². The fourth-order valence-corrected chi connectivity index (χ4v) is 3.48. The SMILES string of the molecule is CC(=O)[C@H](CC(C)C)NC(=O)c1ccc(N)cc1-c1cccc2ccccc12. The number of nitrogen functional groups attached to an aromatic ring is 1. The average Bonchev–Trinajstić information content (AvgIpc) is 2.66. The molecule has 0 bridgehead atoms. The Morgan fingerprint density at radius 3 is 2.39 bits per heavy atom. The fraction of sp³-hybridized carbons (Fsp3) is 0.250. The predicted molar refractivity (Wildman–Crippen MR) is 115 cm³/mol. The molecule has 0 aromatic heterocycles. The van der Waals surface area contributed by atoms with E-state index >= 15 is 0 Å². The van der Waals surface area contributed by atoms with Crippen molar-refractivity contribution in [2.75, 3.05) is 5.73 Å². The third kappa shape index (κ3) is 4.22. The van der Waals surface area contributed by atoms with Crippen molar-refractivity contribution in [1.82, 2.24) is 5.32 Å². The van der Waals surface area contributed by atoms with Crippen LogP contribution in [0.5, 0.6) is 0 Å². The quantitative estimate of drug-likeness (QED) is 0.608. The van der Waals surface area contributed by atoms with Crippen molar-refractivity contribution >= 4 is 28.2 Å². The number of fused-ring (bicyclic) bond motifs is 1. The molecule has 3 aromatic rings. The zero-order valence-corrected chi connectivity index (χ0v) is 16.5. The van der Waals surface area contributed by atoms with Crippen molar-refractivity contribution in [3.63, 3.8) is 0 Å². The van der Waals surface area contributed by atoms with Crippen LogP contribution in [0.15, 0.2) is 60.7 Å². The largest absolute Gasteiger partial charge is 0.399 e. The van der Waals surface area contributed by atoms with Crippen LogP contribution in [0.4, 0.5) is 5.69 Å². The molecule has 0 saturated heterocycles. The van der Waals surface area contributed by atoms with E-state index in [1.54, 1.807) is 12.1 Å². The van der Waals surface area contributed by atoms with Crippen LogP contribution in [0.25, 0.3) is 21.9 Å². The monoisotopic (exact) mass is 374 g/mol. The molecule has 0 heterocycles. The van der Waals surface area contributed by atoms with Gasteiger partial charge in [-0.25, -0.2) is 0 Å². The van der Waals surface area contributed by atoms with Gasteiger partial charge in [0.2, 0.25) is 0 Å². The van der Waals surface area contributed by atoms with Crippen molar-refractivity contribution in [2.45, 2.75) is 33.2 Å². The van der Waals surface area contributed by atoms with E-state index in [9.17, 15) is 9.59 Å². The molecule has 0 unspecified atom stereocenters. The van der Waals surface area contributed by atoms with Gasteiger partial charge in [-0.05, 0) is 59.4 Å². The van der Waals surface area contributed by atoms with Crippen LogP contribution in [-0.4, -0.2) is 17.7 Å². The number of nitrogens with two attached hydrogens (primary N) is 1. The topological polar surface area (TPSA) is 72.2 Å². The summed E-state index contributed by atoms with van der Waals surface area (Å²) >= 11 is 0. The van der Waals surface area contributed by atoms with Gasteiger partial charge in [0.25, 0.3) is 5.91 Å². The molecular formula is C24H26N2O2. The lowest BCUT2D eigenvalue weighted by Gasteiger charge is -2.19. The number of carbonyl (C=O) groups is 2. The number of rotatable bonds is 6. The number of hydrogen-bond donors (Lipinski definition) is 2. The molecule has 0 radical (unpaired) electrons. The van der Waals surface area contributed by atoms with Gasteiger partial charge in [-0.15, -0.1) is 0 Å². The minimum atomic E-state index is -0.495. The maximum Gasteiger partial charge on any atom is 0.252 e. The van der Waals surface area contributed by atoms with Gasteiger partial charge in [0, 0.05) is 11.3 Å². The normalized spacial score (nSPS) is 12.1. The van der Waals surface area contributed by atoms with Crippen LogP contribution in [0, 0.1) is 5.92 Å². The Labute approximate surface area is 165 Å². The Kier molecular flexibility index (Phi) is 5.78. The summed E-state index contributed by atoms with van der Waals surface area (Å²) in [6.07, 6.45) is 0.611. The lowest BCUT2D eigenvalue weighted by atomic mass is 9.93. The molecule has 1 atom stereocenters. The zero-order chi connectivity index (χ0) is 20.3. The molecule has 144 valence electrons. The Balaban J connectivity index is 2.06. The van der Waals surface area contributed by atoms with Gasteiger partial charge in [0.05, 0.1) is 6.04 Å². The van der Waals surface area contributed by atoms with Gasteiger partial charge in [-0.2, -0.15) is 0 Å². The molecule has 28 heavy (non-hydrogen) atoms. The standard InChI is InChI=1S/C24H26N2O2/c1-15(2)13-23(16(3)27)26-24(28)21-12-11-18(25)14-22(21)20-10-6-8-17-7-4-5-9-19(17)20/h4-12,14-15,23H,13,25H2,1-3H3,(H,26,28)/t23-/m0/s1. The van der Waals surface area contributed by atoms with E-state index in [1.807, 2.05) is 62.4 Å². The van der Waals surface area contributed by atoms with E-state index < -0.39 is 6.04 Å². The second kappa shape index (κ2) is 8.26. The first-order chi connectivity index (χ1) is 13.4. The highest BCUT2D eigenvalue weighted by Gasteiger charge is 2.21. The highest BCUT2D eigenvalue weighted by atomic mass is 16.2. The van der Waals surface area contributed by atoms with E-state index in [-0.39, 0.29) is 11.7 Å². The Bertz CT molecular complexity index is 1020. The van der Waals surface area contributed by atoms with E-state index in [1.165, 1.54) is 6.92 Å². The van der Waals surface area contributed by atoms with Gasteiger partial charge < -0.3 is 11.1 Å². The number of carbonyl (C=O) groups excluding carboxylic acids is 2. The number of ketones is 1. The minimum Gasteiger partial charge on any atom is -0.399 e. The number of hydrogen-bond acceptors (Lipinski definition) is 3. The maximum absolute atomic E-state index is 13.1. The molecule has 0 fully saturated rings. The van der Waals surface area contributed by atoms with Crippen LogP contribution in [0.3, 0.4) is 0 Å². The van der Waals surface area contributed by atoms with Crippen LogP contribution in [-0.2, 0) is 4.79 Å². The first-order valence-corrected chi connectivity index (χ1v) is 9.55. The van der Waals surface area contributed by atoms with Crippen molar-refractivity contribution in [1.29, 1.82) is 0 Å². The molecule has 0 aliphatic heterocycles.